The van der Waals surface area contributed by atoms with Crippen molar-refractivity contribution >= 4 is 46.4 Å². The van der Waals surface area contributed by atoms with Crippen LogP contribution >= 0.6 is 35.4 Å². The van der Waals surface area contributed by atoms with E-state index in [1.165, 1.54) is 6.20 Å². The highest BCUT2D eigenvalue weighted by Crippen LogP contribution is 2.17. The number of methoxy groups -OCH3 is 1. The third-order valence-electron chi connectivity index (χ3n) is 1.52. The minimum Gasteiger partial charge on any atom is -0.383 e. The first-order valence-corrected chi connectivity index (χ1v) is 5.51. The molecule has 1 aromatic heterocycles. The van der Waals surface area contributed by atoms with Gasteiger partial charge in [0, 0.05) is 13.7 Å². The van der Waals surface area contributed by atoms with Gasteiger partial charge in [0.05, 0.1) is 12.8 Å². The Morgan fingerprint density at radius 1 is 1.56 bits per heavy atom. The fourth-order valence-electron chi connectivity index (χ4n) is 0.849. The summed E-state index contributed by atoms with van der Waals surface area (Å²) in [6.45, 7) is 1.16. The fraction of sp³-hybridized carbons (Fsp3) is 0.375. The summed E-state index contributed by atoms with van der Waals surface area (Å²) in [5, 5.41) is 6.51. The molecule has 2 N–H and O–H groups in total. The Balaban J connectivity index is 2.49. The van der Waals surface area contributed by atoms with Crippen molar-refractivity contribution in [3.05, 3.63) is 16.5 Å². The molecule has 1 rings (SSSR count). The van der Waals surface area contributed by atoms with E-state index in [-0.39, 0.29) is 10.3 Å². The van der Waals surface area contributed by atoms with Crippen molar-refractivity contribution < 1.29 is 4.74 Å². The molecule has 5 nitrogen and oxygen atoms in total. The highest BCUT2D eigenvalue weighted by Gasteiger charge is 2.05. The third-order valence-corrected chi connectivity index (χ3v) is 2.22. The Labute approximate surface area is 109 Å². The summed E-state index contributed by atoms with van der Waals surface area (Å²) in [6.07, 6.45) is 1.38. The number of aromatic nitrogens is 2. The van der Waals surface area contributed by atoms with Crippen LogP contribution in [0.2, 0.25) is 10.3 Å². The molecule has 0 saturated heterocycles. The number of thiocarbonyl (C=S) groups is 1. The number of nitrogens with zero attached hydrogens (tertiary/aromatic N) is 2. The first kappa shape index (κ1) is 13.4. The van der Waals surface area contributed by atoms with Crippen molar-refractivity contribution in [3.63, 3.8) is 0 Å². The Morgan fingerprint density at radius 2 is 2.31 bits per heavy atom. The van der Waals surface area contributed by atoms with Gasteiger partial charge in [0.1, 0.15) is 5.15 Å². The molecule has 88 valence electrons. The lowest BCUT2D eigenvalue weighted by molar-refractivity contribution is 0.204. The molecule has 1 heterocycles. The average Bonchev–Trinajstić information content (AvgIpc) is 2.23. The van der Waals surface area contributed by atoms with Gasteiger partial charge in [-0.2, -0.15) is 0 Å². The number of ether oxygens (including phenoxy) is 1. The van der Waals surface area contributed by atoms with Gasteiger partial charge in [0.25, 0.3) is 0 Å². The van der Waals surface area contributed by atoms with Crippen LogP contribution in [0.3, 0.4) is 0 Å². The van der Waals surface area contributed by atoms with Crippen LogP contribution in [0.25, 0.3) is 0 Å². The van der Waals surface area contributed by atoms with E-state index in [9.17, 15) is 0 Å². The minimum atomic E-state index is 0.170. The molecule has 0 atom stereocenters. The van der Waals surface area contributed by atoms with Gasteiger partial charge in [0.15, 0.2) is 16.1 Å². The monoisotopic (exact) mass is 280 g/mol. The van der Waals surface area contributed by atoms with Crippen molar-refractivity contribution in [2.45, 2.75) is 0 Å². The summed E-state index contributed by atoms with van der Waals surface area (Å²) < 4.78 is 4.86. The van der Waals surface area contributed by atoms with Gasteiger partial charge in [-0.1, -0.05) is 23.2 Å². The quantitative estimate of drug-likeness (QED) is 0.647. The maximum atomic E-state index is 5.80. The predicted molar refractivity (Wildman–Crippen MR) is 68.2 cm³/mol. The molecule has 0 radical (unpaired) electrons. The Kier molecular flexibility index (Phi) is 5.68. The first-order chi connectivity index (χ1) is 7.63. The maximum absolute atomic E-state index is 5.80. The Morgan fingerprint density at radius 3 is 2.94 bits per heavy atom. The smallest absolute Gasteiger partial charge is 0.173 e. The lowest BCUT2D eigenvalue weighted by Crippen LogP contribution is -2.31. The maximum Gasteiger partial charge on any atom is 0.173 e. The zero-order chi connectivity index (χ0) is 12.0. The molecule has 0 aliphatic carbocycles. The van der Waals surface area contributed by atoms with Crippen LogP contribution < -0.4 is 10.6 Å². The van der Waals surface area contributed by atoms with Crippen LogP contribution in [0, 0.1) is 0 Å². The van der Waals surface area contributed by atoms with Crippen LogP contribution in [-0.2, 0) is 4.74 Å². The third kappa shape index (κ3) is 4.44. The highest BCUT2D eigenvalue weighted by atomic mass is 35.5. The van der Waals surface area contributed by atoms with Crippen molar-refractivity contribution in [1.82, 2.24) is 15.3 Å². The summed E-state index contributed by atoms with van der Waals surface area (Å²) >= 11 is 16.4. The zero-order valence-electron chi connectivity index (χ0n) is 8.46. The number of hydrogen-bond acceptors (Lipinski definition) is 4. The Bertz CT molecular complexity index is 377. The largest absolute Gasteiger partial charge is 0.383 e. The summed E-state index contributed by atoms with van der Waals surface area (Å²) in [6, 6.07) is 0. The number of nitrogens with one attached hydrogen (secondary N) is 2. The van der Waals surface area contributed by atoms with E-state index in [1.807, 2.05) is 0 Å². The molecule has 0 aromatic carbocycles. The first-order valence-electron chi connectivity index (χ1n) is 4.35. The second kappa shape index (κ2) is 6.80. The standard InChI is InChI=1S/C8H10Cl2N4OS/c1-15-3-2-11-8(16)14-7-6(10)13-5(9)4-12-7/h4H,2-3H2,1H3,(H2,11,12,14,16). The SMILES string of the molecule is COCCNC(=S)Nc1ncc(Cl)nc1Cl. The molecular weight excluding hydrogens is 271 g/mol. The molecule has 0 bridgehead atoms. The van der Waals surface area contributed by atoms with E-state index in [4.69, 9.17) is 40.2 Å². The van der Waals surface area contributed by atoms with Crippen molar-refractivity contribution in [2.24, 2.45) is 0 Å². The highest BCUT2D eigenvalue weighted by molar-refractivity contribution is 7.80. The minimum absolute atomic E-state index is 0.170. The molecule has 0 amide bonds. The lowest BCUT2D eigenvalue weighted by atomic mass is 10.6. The van der Waals surface area contributed by atoms with Gasteiger partial charge < -0.3 is 15.4 Å². The van der Waals surface area contributed by atoms with E-state index in [0.29, 0.717) is 24.1 Å². The average molecular weight is 281 g/mol. The van der Waals surface area contributed by atoms with E-state index in [0.717, 1.165) is 0 Å². The van der Waals surface area contributed by atoms with Crippen LogP contribution in [0.1, 0.15) is 0 Å². The van der Waals surface area contributed by atoms with Crippen LogP contribution in [0.15, 0.2) is 6.20 Å². The number of anilines is 1. The summed E-state index contributed by atoms with van der Waals surface area (Å²) in [4.78, 5) is 7.77. The van der Waals surface area contributed by atoms with E-state index in [1.54, 1.807) is 7.11 Å². The van der Waals surface area contributed by atoms with Gasteiger partial charge >= 0.3 is 0 Å². The second-order valence-electron chi connectivity index (χ2n) is 2.71. The molecular formula is C8H10Cl2N4OS. The van der Waals surface area contributed by atoms with Crippen molar-refractivity contribution in [1.29, 1.82) is 0 Å². The van der Waals surface area contributed by atoms with Crippen LogP contribution in [-0.4, -0.2) is 35.3 Å². The van der Waals surface area contributed by atoms with E-state index in [2.05, 4.69) is 20.6 Å². The molecule has 8 heteroatoms. The van der Waals surface area contributed by atoms with Gasteiger partial charge in [0.2, 0.25) is 0 Å². The van der Waals surface area contributed by atoms with Crippen LogP contribution in [0.4, 0.5) is 5.82 Å². The predicted octanol–water partition coefficient (Wildman–Crippen LogP) is 1.72. The number of hydrogen-bond donors (Lipinski definition) is 2. The Hall–Kier alpha value is -0.690. The van der Waals surface area contributed by atoms with Gasteiger partial charge in [-0.3, -0.25) is 0 Å². The number of rotatable bonds is 4. The molecule has 0 aliphatic heterocycles. The molecule has 0 saturated carbocycles. The van der Waals surface area contributed by atoms with Gasteiger partial charge in [-0.05, 0) is 12.2 Å². The topological polar surface area (TPSA) is 59.1 Å². The zero-order valence-corrected chi connectivity index (χ0v) is 10.8. The van der Waals surface area contributed by atoms with Crippen LogP contribution in [0.5, 0.6) is 0 Å². The lowest BCUT2D eigenvalue weighted by Gasteiger charge is -2.09. The molecule has 1 aromatic rings. The normalized spacial score (nSPS) is 9.94. The molecule has 0 fully saturated rings. The summed E-state index contributed by atoms with van der Waals surface area (Å²) in [7, 11) is 1.61. The number of halogens is 2. The summed E-state index contributed by atoms with van der Waals surface area (Å²) in [5.74, 6) is 0.362. The fourth-order valence-corrected chi connectivity index (χ4v) is 1.41. The van der Waals surface area contributed by atoms with Crippen molar-refractivity contribution in [2.75, 3.05) is 25.6 Å². The molecule has 0 spiro atoms. The van der Waals surface area contributed by atoms with E-state index < -0.39 is 0 Å². The van der Waals surface area contributed by atoms with Crippen molar-refractivity contribution in [3.8, 4) is 0 Å². The molecule has 0 aliphatic rings. The van der Waals surface area contributed by atoms with E-state index >= 15 is 0 Å². The summed E-state index contributed by atoms with van der Waals surface area (Å²) in [5.41, 5.74) is 0. The van der Waals surface area contributed by atoms with Gasteiger partial charge in [-0.25, -0.2) is 9.97 Å². The molecule has 16 heavy (non-hydrogen) atoms. The van der Waals surface area contributed by atoms with Gasteiger partial charge in [-0.15, -0.1) is 0 Å². The second-order valence-corrected chi connectivity index (χ2v) is 3.86. The molecule has 0 unspecified atom stereocenters.